The average molecular weight is 349 g/mol. The number of aromatic carboxylic acids is 1. The number of benzene rings is 1. The molecule has 1 amide bonds. The van der Waals surface area contributed by atoms with E-state index >= 15 is 0 Å². The van der Waals surface area contributed by atoms with E-state index in [1.165, 1.54) is 18.2 Å². The average Bonchev–Trinajstić information content (AvgIpc) is 3.08. The van der Waals surface area contributed by atoms with E-state index in [2.05, 4.69) is 14.9 Å². The van der Waals surface area contributed by atoms with Crippen molar-refractivity contribution in [3.63, 3.8) is 0 Å². The molecule has 2 heterocycles. The number of carbonyl (C=O) groups is 2. The Morgan fingerprint density at radius 1 is 1.25 bits per heavy atom. The van der Waals surface area contributed by atoms with Crippen molar-refractivity contribution in [3.8, 4) is 0 Å². The second-order valence-electron chi connectivity index (χ2n) is 5.60. The van der Waals surface area contributed by atoms with Gasteiger partial charge in [0.25, 0.3) is 5.91 Å². The molecule has 2 aromatic rings. The van der Waals surface area contributed by atoms with Gasteiger partial charge >= 0.3 is 5.97 Å². The number of halogens is 1. The number of rotatable bonds is 4. The van der Waals surface area contributed by atoms with Gasteiger partial charge in [0.1, 0.15) is 5.82 Å². The third kappa shape index (κ3) is 3.58. The van der Waals surface area contributed by atoms with Gasteiger partial charge in [0.15, 0.2) is 0 Å². The van der Waals surface area contributed by atoms with E-state index < -0.39 is 5.97 Å². The summed E-state index contributed by atoms with van der Waals surface area (Å²) in [5, 5.41) is 9.12. The molecule has 1 aliphatic rings. The first-order valence-electron chi connectivity index (χ1n) is 7.57. The normalized spacial score (nSPS) is 15.5. The van der Waals surface area contributed by atoms with Gasteiger partial charge in [0, 0.05) is 38.6 Å². The van der Waals surface area contributed by atoms with Crippen molar-refractivity contribution in [2.24, 2.45) is 0 Å². The van der Waals surface area contributed by atoms with Gasteiger partial charge in [0.05, 0.1) is 22.7 Å². The molecule has 2 N–H and O–H groups in total. The molecule has 1 fully saturated rings. The van der Waals surface area contributed by atoms with Crippen molar-refractivity contribution in [2.45, 2.75) is 6.54 Å². The Hall–Kier alpha value is -2.38. The highest BCUT2D eigenvalue weighted by molar-refractivity contribution is 6.34. The summed E-state index contributed by atoms with van der Waals surface area (Å²) in [5.41, 5.74) is 0.404. The molecule has 24 heavy (non-hydrogen) atoms. The van der Waals surface area contributed by atoms with E-state index in [4.69, 9.17) is 16.7 Å². The molecule has 0 unspecified atom stereocenters. The lowest BCUT2D eigenvalue weighted by atomic mass is 10.1. The Morgan fingerprint density at radius 3 is 2.58 bits per heavy atom. The predicted octanol–water partition coefficient (Wildman–Crippen LogP) is 1.72. The van der Waals surface area contributed by atoms with Gasteiger partial charge in [-0.05, 0) is 18.2 Å². The lowest BCUT2D eigenvalue weighted by molar-refractivity contribution is 0.0623. The maximum absolute atomic E-state index is 12.6. The minimum Gasteiger partial charge on any atom is -0.478 e. The molecule has 126 valence electrons. The highest BCUT2D eigenvalue weighted by Crippen LogP contribution is 2.20. The molecule has 8 heteroatoms. The summed E-state index contributed by atoms with van der Waals surface area (Å²) in [6.45, 7) is 3.41. The van der Waals surface area contributed by atoms with Crippen LogP contribution in [-0.4, -0.2) is 62.9 Å². The molecule has 1 aromatic carbocycles. The molecule has 3 rings (SSSR count). The number of hydrogen-bond acceptors (Lipinski definition) is 4. The number of carboxylic acids is 1. The summed E-state index contributed by atoms with van der Waals surface area (Å²) < 4.78 is 0. The molecule has 1 saturated heterocycles. The molecular formula is C16H17ClN4O3. The van der Waals surface area contributed by atoms with E-state index in [-0.39, 0.29) is 16.5 Å². The van der Waals surface area contributed by atoms with E-state index in [1.54, 1.807) is 17.3 Å². The van der Waals surface area contributed by atoms with Crippen LogP contribution in [0.5, 0.6) is 0 Å². The van der Waals surface area contributed by atoms with Crippen molar-refractivity contribution >= 4 is 23.5 Å². The Labute approximate surface area is 143 Å². The van der Waals surface area contributed by atoms with Crippen LogP contribution in [0.4, 0.5) is 0 Å². The van der Waals surface area contributed by atoms with Crippen LogP contribution in [0.25, 0.3) is 0 Å². The third-order valence-corrected chi connectivity index (χ3v) is 4.35. The summed E-state index contributed by atoms with van der Waals surface area (Å²) in [7, 11) is 0. The Bertz CT molecular complexity index is 740. The van der Waals surface area contributed by atoms with Crippen LogP contribution < -0.4 is 0 Å². The summed E-state index contributed by atoms with van der Waals surface area (Å²) in [4.78, 5) is 34.7. The Morgan fingerprint density at radius 2 is 2.00 bits per heavy atom. The number of carbonyl (C=O) groups excluding carboxylic acids is 1. The van der Waals surface area contributed by atoms with E-state index in [9.17, 15) is 9.59 Å². The summed E-state index contributed by atoms with van der Waals surface area (Å²) >= 11 is 6.08. The number of aromatic amines is 1. The van der Waals surface area contributed by atoms with Gasteiger partial charge in [-0.2, -0.15) is 0 Å². The lowest BCUT2D eigenvalue weighted by Gasteiger charge is -2.34. The smallest absolute Gasteiger partial charge is 0.335 e. The van der Waals surface area contributed by atoms with Crippen LogP contribution in [0.2, 0.25) is 5.02 Å². The topological polar surface area (TPSA) is 89.5 Å². The Balaban J connectivity index is 1.62. The number of carboxylic acid groups (broad SMARTS) is 1. The number of H-pyrrole nitrogens is 1. The molecule has 1 aliphatic heterocycles. The van der Waals surface area contributed by atoms with Gasteiger partial charge in [-0.15, -0.1) is 0 Å². The fourth-order valence-electron chi connectivity index (χ4n) is 2.70. The molecule has 1 aromatic heterocycles. The first-order chi connectivity index (χ1) is 11.5. The monoisotopic (exact) mass is 348 g/mol. The van der Waals surface area contributed by atoms with Gasteiger partial charge in [-0.3, -0.25) is 9.69 Å². The van der Waals surface area contributed by atoms with Gasteiger partial charge in [-0.1, -0.05) is 11.6 Å². The molecule has 0 aliphatic carbocycles. The highest BCUT2D eigenvalue weighted by atomic mass is 35.5. The number of imidazole rings is 1. The van der Waals surface area contributed by atoms with Gasteiger partial charge < -0.3 is 15.0 Å². The number of nitrogens with zero attached hydrogens (tertiary/aromatic N) is 3. The van der Waals surface area contributed by atoms with Crippen LogP contribution >= 0.6 is 11.6 Å². The number of nitrogens with one attached hydrogen (secondary N) is 1. The zero-order chi connectivity index (χ0) is 17.1. The summed E-state index contributed by atoms with van der Waals surface area (Å²) in [6.07, 6.45) is 3.51. The predicted molar refractivity (Wildman–Crippen MR) is 88.2 cm³/mol. The minimum absolute atomic E-state index is 0.0693. The van der Waals surface area contributed by atoms with Crippen LogP contribution in [-0.2, 0) is 6.54 Å². The number of hydrogen-bond donors (Lipinski definition) is 2. The zero-order valence-corrected chi connectivity index (χ0v) is 13.7. The minimum atomic E-state index is -1.07. The molecule has 0 bridgehead atoms. The van der Waals surface area contributed by atoms with Crippen molar-refractivity contribution in [1.82, 2.24) is 19.8 Å². The van der Waals surface area contributed by atoms with Crippen LogP contribution in [0.1, 0.15) is 26.5 Å². The van der Waals surface area contributed by atoms with E-state index in [0.717, 1.165) is 25.5 Å². The number of piperazine rings is 1. The van der Waals surface area contributed by atoms with Crippen molar-refractivity contribution in [2.75, 3.05) is 26.2 Å². The fraction of sp³-hybridized carbons (Fsp3) is 0.312. The van der Waals surface area contributed by atoms with Crippen molar-refractivity contribution < 1.29 is 14.7 Å². The maximum atomic E-state index is 12.6. The largest absolute Gasteiger partial charge is 0.478 e. The highest BCUT2D eigenvalue weighted by Gasteiger charge is 2.24. The second-order valence-corrected chi connectivity index (χ2v) is 6.01. The first-order valence-corrected chi connectivity index (χ1v) is 7.95. The Kier molecular flexibility index (Phi) is 4.82. The van der Waals surface area contributed by atoms with E-state index in [0.29, 0.717) is 18.7 Å². The van der Waals surface area contributed by atoms with Crippen molar-refractivity contribution in [3.05, 3.63) is 52.6 Å². The van der Waals surface area contributed by atoms with Gasteiger partial charge in [-0.25, -0.2) is 9.78 Å². The summed E-state index contributed by atoms with van der Waals surface area (Å²) in [5.74, 6) is -0.334. The van der Waals surface area contributed by atoms with E-state index in [1.807, 2.05) is 0 Å². The molecular weight excluding hydrogens is 332 g/mol. The van der Waals surface area contributed by atoms with Crippen molar-refractivity contribution in [1.29, 1.82) is 0 Å². The zero-order valence-electron chi connectivity index (χ0n) is 12.9. The molecule has 0 saturated carbocycles. The molecule has 7 nitrogen and oxygen atoms in total. The SMILES string of the molecule is O=C(O)c1ccc(C(=O)N2CCN(Cc3ncc[nH]3)CC2)c(Cl)c1. The molecule has 0 radical (unpaired) electrons. The lowest BCUT2D eigenvalue weighted by Crippen LogP contribution is -2.48. The van der Waals surface area contributed by atoms with Crippen LogP contribution in [0.3, 0.4) is 0 Å². The van der Waals surface area contributed by atoms with Crippen LogP contribution in [0, 0.1) is 0 Å². The first kappa shape index (κ1) is 16.5. The van der Waals surface area contributed by atoms with Crippen LogP contribution in [0.15, 0.2) is 30.6 Å². The second kappa shape index (κ2) is 7.02. The number of amides is 1. The summed E-state index contributed by atoms with van der Waals surface area (Å²) in [6, 6.07) is 4.18. The molecule has 0 spiro atoms. The number of aromatic nitrogens is 2. The molecule has 0 atom stereocenters. The van der Waals surface area contributed by atoms with Gasteiger partial charge in [0.2, 0.25) is 0 Å². The maximum Gasteiger partial charge on any atom is 0.335 e. The quantitative estimate of drug-likeness (QED) is 0.878. The fourth-order valence-corrected chi connectivity index (χ4v) is 2.96. The standard InChI is InChI=1S/C16H17ClN4O3/c17-13-9-11(16(23)24)1-2-12(13)15(22)21-7-5-20(6-8-21)10-14-18-3-4-19-14/h1-4,9H,5-8,10H2,(H,18,19)(H,23,24). The third-order valence-electron chi connectivity index (χ3n) is 4.03.